The van der Waals surface area contributed by atoms with Gasteiger partial charge in [-0.05, 0) is 25.7 Å². The fraction of sp³-hybridized carbons (Fsp3) is 0.857. The van der Waals surface area contributed by atoms with Crippen LogP contribution in [-0.4, -0.2) is 36.5 Å². The fourth-order valence-corrected chi connectivity index (χ4v) is 1.73. The van der Waals surface area contributed by atoms with E-state index in [-0.39, 0.29) is 11.9 Å². The third-order valence-corrected chi connectivity index (χ3v) is 2.58. The second-order valence-electron chi connectivity index (χ2n) is 4.45. The first kappa shape index (κ1) is 16.9. The van der Waals surface area contributed by atoms with Gasteiger partial charge in [0.25, 0.3) is 0 Å². The molecule has 18 heavy (non-hydrogen) atoms. The standard InChI is InChI=1S/C14H27NO3/c1-4-10-15(11-5-2)13(16)8-7-9-14(17)18-12-6-3/h4-12H2,1-3H3. The largest absolute Gasteiger partial charge is 0.466 e. The van der Waals surface area contributed by atoms with Crippen LogP contribution >= 0.6 is 0 Å². The van der Waals surface area contributed by atoms with Crippen molar-refractivity contribution in [1.82, 2.24) is 4.90 Å². The van der Waals surface area contributed by atoms with Gasteiger partial charge in [-0.1, -0.05) is 20.8 Å². The van der Waals surface area contributed by atoms with Gasteiger partial charge in [0.1, 0.15) is 0 Å². The van der Waals surface area contributed by atoms with E-state index in [9.17, 15) is 9.59 Å². The van der Waals surface area contributed by atoms with Crippen molar-refractivity contribution in [3.8, 4) is 0 Å². The Hall–Kier alpha value is -1.06. The van der Waals surface area contributed by atoms with Gasteiger partial charge in [-0.3, -0.25) is 9.59 Å². The van der Waals surface area contributed by atoms with Crippen molar-refractivity contribution in [3.63, 3.8) is 0 Å². The molecule has 0 N–H and O–H groups in total. The molecule has 0 fully saturated rings. The topological polar surface area (TPSA) is 46.6 Å². The van der Waals surface area contributed by atoms with Gasteiger partial charge in [-0.15, -0.1) is 0 Å². The third kappa shape index (κ3) is 8.09. The highest BCUT2D eigenvalue weighted by Crippen LogP contribution is 2.04. The molecule has 0 aliphatic heterocycles. The van der Waals surface area contributed by atoms with Gasteiger partial charge < -0.3 is 9.64 Å². The average molecular weight is 257 g/mol. The van der Waals surface area contributed by atoms with Gasteiger partial charge in [0.15, 0.2) is 0 Å². The molecule has 0 bridgehead atoms. The molecule has 0 heterocycles. The minimum atomic E-state index is -0.192. The lowest BCUT2D eigenvalue weighted by Gasteiger charge is -2.21. The van der Waals surface area contributed by atoms with Gasteiger partial charge >= 0.3 is 5.97 Å². The van der Waals surface area contributed by atoms with Crippen molar-refractivity contribution >= 4 is 11.9 Å². The predicted molar refractivity (Wildman–Crippen MR) is 72.3 cm³/mol. The summed E-state index contributed by atoms with van der Waals surface area (Å²) < 4.78 is 4.96. The molecule has 0 unspecified atom stereocenters. The highest BCUT2D eigenvalue weighted by Gasteiger charge is 2.12. The number of hydrogen-bond acceptors (Lipinski definition) is 3. The Morgan fingerprint density at radius 2 is 1.56 bits per heavy atom. The van der Waals surface area contributed by atoms with Crippen LogP contribution in [-0.2, 0) is 14.3 Å². The Balaban J connectivity index is 3.82. The molecule has 0 aliphatic rings. The van der Waals surface area contributed by atoms with Crippen molar-refractivity contribution in [1.29, 1.82) is 0 Å². The van der Waals surface area contributed by atoms with Crippen LogP contribution in [0.4, 0.5) is 0 Å². The number of nitrogens with zero attached hydrogens (tertiary/aromatic N) is 1. The molecule has 4 heteroatoms. The Morgan fingerprint density at radius 3 is 2.06 bits per heavy atom. The average Bonchev–Trinajstić information content (AvgIpc) is 2.36. The minimum absolute atomic E-state index is 0.155. The number of rotatable bonds is 10. The molecule has 4 nitrogen and oxygen atoms in total. The van der Waals surface area contributed by atoms with Crippen molar-refractivity contribution < 1.29 is 14.3 Å². The van der Waals surface area contributed by atoms with E-state index in [0.29, 0.717) is 25.9 Å². The molecule has 0 saturated carbocycles. The summed E-state index contributed by atoms with van der Waals surface area (Å²) in [6, 6.07) is 0. The van der Waals surface area contributed by atoms with Crippen molar-refractivity contribution in [2.75, 3.05) is 19.7 Å². The van der Waals surface area contributed by atoms with Crippen molar-refractivity contribution in [2.24, 2.45) is 0 Å². The minimum Gasteiger partial charge on any atom is -0.466 e. The Morgan fingerprint density at radius 1 is 0.944 bits per heavy atom. The zero-order valence-corrected chi connectivity index (χ0v) is 12.0. The van der Waals surface area contributed by atoms with E-state index in [1.165, 1.54) is 0 Å². The molecule has 0 spiro atoms. The van der Waals surface area contributed by atoms with Gasteiger partial charge in [0.05, 0.1) is 6.61 Å². The number of amides is 1. The summed E-state index contributed by atoms with van der Waals surface area (Å²) in [6.07, 6.45) is 4.17. The summed E-state index contributed by atoms with van der Waals surface area (Å²) in [7, 11) is 0. The van der Waals surface area contributed by atoms with E-state index >= 15 is 0 Å². The summed E-state index contributed by atoms with van der Waals surface area (Å²) in [5, 5.41) is 0. The van der Waals surface area contributed by atoms with E-state index in [1.54, 1.807) is 0 Å². The van der Waals surface area contributed by atoms with Crippen LogP contribution in [0.15, 0.2) is 0 Å². The molecule has 0 atom stereocenters. The second-order valence-corrected chi connectivity index (χ2v) is 4.45. The molecule has 0 radical (unpaired) electrons. The summed E-state index contributed by atoms with van der Waals surface area (Å²) in [6.45, 7) is 8.20. The van der Waals surface area contributed by atoms with Crippen molar-refractivity contribution in [3.05, 3.63) is 0 Å². The molecular formula is C14H27NO3. The molecule has 106 valence electrons. The Labute approximate surface area is 111 Å². The smallest absolute Gasteiger partial charge is 0.305 e. The molecular weight excluding hydrogens is 230 g/mol. The molecule has 0 saturated heterocycles. The number of hydrogen-bond donors (Lipinski definition) is 0. The zero-order chi connectivity index (χ0) is 13.8. The maximum Gasteiger partial charge on any atom is 0.305 e. The van der Waals surface area contributed by atoms with Gasteiger partial charge in [0.2, 0.25) is 5.91 Å². The molecule has 0 aromatic carbocycles. The summed E-state index contributed by atoms with van der Waals surface area (Å²) in [5.74, 6) is -0.0378. The van der Waals surface area contributed by atoms with E-state index in [1.807, 2.05) is 11.8 Å². The Bertz CT molecular complexity index is 235. The van der Waals surface area contributed by atoms with Crippen LogP contribution in [0.3, 0.4) is 0 Å². The quantitative estimate of drug-likeness (QED) is 0.565. The lowest BCUT2D eigenvalue weighted by molar-refractivity contribution is -0.143. The number of ether oxygens (including phenoxy) is 1. The van der Waals surface area contributed by atoms with E-state index in [2.05, 4.69) is 13.8 Å². The molecule has 0 aromatic heterocycles. The first-order chi connectivity index (χ1) is 8.65. The van der Waals surface area contributed by atoms with Crippen LogP contribution < -0.4 is 0 Å². The van der Waals surface area contributed by atoms with Crippen LogP contribution in [0.5, 0.6) is 0 Å². The summed E-state index contributed by atoms with van der Waals surface area (Å²) in [5.41, 5.74) is 0. The highest BCUT2D eigenvalue weighted by molar-refractivity contribution is 5.77. The maximum atomic E-state index is 11.9. The second kappa shape index (κ2) is 11.1. The SMILES string of the molecule is CCCOC(=O)CCCC(=O)N(CCC)CCC. The summed E-state index contributed by atoms with van der Waals surface area (Å²) in [4.78, 5) is 25.0. The fourth-order valence-electron chi connectivity index (χ4n) is 1.73. The van der Waals surface area contributed by atoms with Crippen LogP contribution in [0, 0.1) is 0 Å². The third-order valence-electron chi connectivity index (χ3n) is 2.58. The maximum absolute atomic E-state index is 11.9. The zero-order valence-electron chi connectivity index (χ0n) is 12.0. The molecule has 1 amide bonds. The van der Waals surface area contributed by atoms with Crippen LogP contribution in [0.1, 0.15) is 59.3 Å². The first-order valence-corrected chi connectivity index (χ1v) is 7.09. The molecule has 0 aliphatic carbocycles. The highest BCUT2D eigenvalue weighted by atomic mass is 16.5. The van der Waals surface area contributed by atoms with Crippen molar-refractivity contribution in [2.45, 2.75) is 59.3 Å². The monoisotopic (exact) mass is 257 g/mol. The van der Waals surface area contributed by atoms with Crippen LogP contribution in [0.25, 0.3) is 0 Å². The summed E-state index contributed by atoms with van der Waals surface area (Å²) >= 11 is 0. The number of esters is 1. The Kier molecular flexibility index (Phi) is 10.4. The van der Waals surface area contributed by atoms with Gasteiger partial charge in [-0.25, -0.2) is 0 Å². The number of carbonyl (C=O) groups is 2. The lowest BCUT2D eigenvalue weighted by Crippen LogP contribution is -2.32. The van der Waals surface area contributed by atoms with Gasteiger partial charge in [-0.2, -0.15) is 0 Å². The molecule has 0 aromatic rings. The van der Waals surface area contributed by atoms with Crippen LogP contribution in [0.2, 0.25) is 0 Å². The van der Waals surface area contributed by atoms with E-state index < -0.39 is 0 Å². The number of carbonyl (C=O) groups excluding carboxylic acids is 2. The molecule has 0 rings (SSSR count). The lowest BCUT2D eigenvalue weighted by atomic mass is 10.2. The first-order valence-electron chi connectivity index (χ1n) is 7.09. The normalized spacial score (nSPS) is 10.2. The van der Waals surface area contributed by atoms with E-state index in [4.69, 9.17) is 4.74 Å². The van der Waals surface area contributed by atoms with Gasteiger partial charge in [0, 0.05) is 25.9 Å². The van der Waals surface area contributed by atoms with E-state index in [0.717, 1.165) is 32.4 Å². The predicted octanol–water partition coefficient (Wildman–Crippen LogP) is 2.76.